The Balaban J connectivity index is 1.49. The Morgan fingerprint density at radius 1 is 1.00 bits per heavy atom. The summed E-state index contributed by atoms with van der Waals surface area (Å²) in [6.07, 6.45) is 0.633. The van der Waals surface area contributed by atoms with E-state index in [0.717, 1.165) is 31.6 Å². The molecule has 1 saturated heterocycles. The van der Waals surface area contributed by atoms with Gasteiger partial charge < -0.3 is 20.2 Å². The summed E-state index contributed by atoms with van der Waals surface area (Å²) in [6.45, 7) is 2.83. The minimum absolute atomic E-state index is 0.412. The van der Waals surface area contributed by atoms with Gasteiger partial charge in [-0.2, -0.15) is 0 Å². The van der Waals surface area contributed by atoms with Crippen molar-refractivity contribution >= 4 is 0 Å². The molecule has 0 unspecified atom stereocenters. The van der Waals surface area contributed by atoms with Crippen molar-refractivity contribution in [1.29, 1.82) is 0 Å². The van der Waals surface area contributed by atoms with Crippen LogP contribution in [0.3, 0.4) is 0 Å². The molecule has 0 aromatic heterocycles. The summed E-state index contributed by atoms with van der Waals surface area (Å²) in [4.78, 5) is 2.37. The lowest BCUT2D eigenvalue weighted by Gasteiger charge is -2.32. The molecule has 0 amide bonds. The molecule has 1 aliphatic carbocycles. The lowest BCUT2D eigenvalue weighted by molar-refractivity contribution is -0.0372. The van der Waals surface area contributed by atoms with E-state index in [2.05, 4.69) is 4.90 Å². The van der Waals surface area contributed by atoms with Gasteiger partial charge in [0.05, 0.1) is 18.3 Å². The zero-order valence-corrected chi connectivity index (χ0v) is 12.3. The molecular formula is C17H25NO3. The highest BCUT2D eigenvalue weighted by molar-refractivity contribution is 5.17. The standard InChI is InChI=1S/C17H25NO3/c19-15(12-4-2-1-3-5-12)6-7-18-10-13-8-16(20)17(21)9-14(13)11-18/h1-5,13-17,19-21H,6-11H2/t13-,14+,15-,16+,17+/m1/s1. The minimum atomic E-state index is -0.555. The third-order valence-electron chi connectivity index (χ3n) is 5.09. The van der Waals surface area contributed by atoms with Crippen LogP contribution in [0.2, 0.25) is 0 Å². The quantitative estimate of drug-likeness (QED) is 0.779. The molecule has 1 saturated carbocycles. The fourth-order valence-corrected chi connectivity index (χ4v) is 3.83. The number of nitrogens with zero attached hydrogens (tertiary/aromatic N) is 1. The molecule has 1 aromatic rings. The molecule has 1 heterocycles. The van der Waals surface area contributed by atoms with Crippen LogP contribution in [0.25, 0.3) is 0 Å². The first-order chi connectivity index (χ1) is 10.1. The normalized spacial score (nSPS) is 34.6. The molecule has 0 bridgehead atoms. The second-order valence-electron chi connectivity index (χ2n) is 6.60. The zero-order valence-electron chi connectivity index (χ0n) is 12.3. The third-order valence-corrected chi connectivity index (χ3v) is 5.09. The van der Waals surface area contributed by atoms with Gasteiger partial charge in [-0.25, -0.2) is 0 Å². The Morgan fingerprint density at radius 3 is 2.14 bits per heavy atom. The molecule has 1 aliphatic heterocycles. The Labute approximate surface area is 126 Å². The summed E-state index contributed by atoms with van der Waals surface area (Å²) >= 11 is 0. The maximum Gasteiger partial charge on any atom is 0.0802 e. The Bertz CT molecular complexity index is 435. The van der Waals surface area contributed by atoms with Crippen LogP contribution in [-0.2, 0) is 0 Å². The molecular weight excluding hydrogens is 266 g/mol. The number of rotatable bonds is 4. The zero-order chi connectivity index (χ0) is 14.8. The Hall–Kier alpha value is -0.940. The summed E-state index contributed by atoms with van der Waals surface area (Å²) in [5.74, 6) is 0.995. The highest BCUT2D eigenvalue weighted by Gasteiger charge is 2.40. The molecule has 2 aliphatic rings. The van der Waals surface area contributed by atoms with Gasteiger partial charge in [-0.15, -0.1) is 0 Å². The van der Waals surface area contributed by atoms with Crippen molar-refractivity contribution < 1.29 is 15.3 Å². The largest absolute Gasteiger partial charge is 0.390 e. The molecule has 5 atom stereocenters. The smallest absolute Gasteiger partial charge is 0.0802 e. The summed E-state index contributed by atoms with van der Waals surface area (Å²) in [5.41, 5.74) is 0.972. The van der Waals surface area contributed by atoms with E-state index >= 15 is 0 Å². The first kappa shape index (κ1) is 15.0. The Morgan fingerprint density at radius 2 is 1.57 bits per heavy atom. The van der Waals surface area contributed by atoms with Gasteiger partial charge >= 0.3 is 0 Å². The van der Waals surface area contributed by atoms with E-state index < -0.39 is 18.3 Å². The van der Waals surface area contributed by atoms with Crippen molar-refractivity contribution in [3.8, 4) is 0 Å². The van der Waals surface area contributed by atoms with Crippen LogP contribution in [0.5, 0.6) is 0 Å². The van der Waals surface area contributed by atoms with Crippen molar-refractivity contribution in [2.45, 2.75) is 37.6 Å². The van der Waals surface area contributed by atoms with Crippen molar-refractivity contribution in [2.24, 2.45) is 11.8 Å². The summed E-state index contributed by atoms with van der Waals surface area (Å²) in [5, 5.41) is 29.8. The SMILES string of the molecule is O[C@H](CCN1C[C@H]2C[C@H](O)[C@@H](O)C[C@H]2C1)c1ccccc1. The number of benzene rings is 1. The van der Waals surface area contributed by atoms with Gasteiger partial charge in [-0.05, 0) is 36.7 Å². The molecule has 2 fully saturated rings. The van der Waals surface area contributed by atoms with Crippen LogP contribution >= 0.6 is 0 Å². The van der Waals surface area contributed by atoms with Crippen molar-refractivity contribution in [3.63, 3.8) is 0 Å². The average Bonchev–Trinajstić information content (AvgIpc) is 2.88. The molecule has 4 heteroatoms. The number of aliphatic hydroxyl groups excluding tert-OH is 3. The molecule has 0 spiro atoms. The first-order valence-corrected chi connectivity index (χ1v) is 7.95. The molecule has 116 valence electrons. The predicted molar refractivity (Wildman–Crippen MR) is 80.7 cm³/mol. The van der Waals surface area contributed by atoms with Gasteiger partial charge in [0.1, 0.15) is 0 Å². The number of likely N-dealkylation sites (tertiary alicyclic amines) is 1. The van der Waals surface area contributed by atoms with Gasteiger partial charge in [0, 0.05) is 19.6 Å². The number of hydrogen-bond acceptors (Lipinski definition) is 4. The van der Waals surface area contributed by atoms with Gasteiger partial charge in [-0.1, -0.05) is 30.3 Å². The lowest BCUT2D eigenvalue weighted by atomic mass is 9.79. The maximum absolute atomic E-state index is 10.2. The van der Waals surface area contributed by atoms with Crippen molar-refractivity contribution in [2.75, 3.05) is 19.6 Å². The van der Waals surface area contributed by atoms with Crippen LogP contribution in [0.4, 0.5) is 0 Å². The molecule has 4 nitrogen and oxygen atoms in total. The van der Waals surface area contributed by atoms with E-state index in [-0.39, 0.29) is 0 Å². The van der Waals surface area contributed by atoms with Gasteiger partial charge in [0.2, 0.25) is 0 Å². The van der Waals surface area contributed by atoms with Crippen LogP contribution in [0, 0.1) is 11.8 Å². The van der Waals surface area contributed by atoms with Crippen LogP contribution in [0.15, 0.2) is 30.3 Å². The predicted octanol–water partition coefficient (Wildman–Crippen LogP) is 1.17. The number of hydrogen-bond donors (Lipinski definition) is 3. The fraction of sp³-hybridized carbons (Fsp3) is 0.647. The highest BCUT2D eigenvalue weighted by Crippen LogP contribution is 2.36. The molecule has 21 heavy (non-hydrogen) atoms. The van der Waals surface area contributed by atoms with Crippen LogP contribution in [-0.4, -0.2) is 52.1 Å². The molecule has 1 aromatic carbocycles. The lowest BCUT2D eigenvalue weighted by Crippen LogP contribution is -2.38. The van der Waals surface area contributed by atoms with E-state index in [9.17, 15) is 15.3 Å². The van der Waals surface area contributed by atoms with Crippen molar-refractivity contribution in [1.82, 2.24) is 4.90 Å². The van der Waals surface area contributed by atoms with Gasteiger partial charge in [0.25, 0.3) is 0 Å². The maximum atomic E-state index is 10.2. The topological polar surface area (TPSA) is 63.9 Å². The monoisotopic (exact) mass is 291 g/mol. The van der Waals surface area contributed by atoms with E-state index in [1.165, 1.54) is 0 Å². The molecule has 3 N–H and O–H groups in total. The first-order valence-electron chi connectivity index (χ1n) is 7.95. The number of aliphatic hydroxyl groups is 3. The van der Waals surface area contributed by atoms with Crippen LogP contribution in [0.1, 0.15) is 30.9 Å². The number of fused-ring (bicyclic) bond motifs is 1. The van der Waals surface area contributed by atoms with E-state index in [1.54, 1.807) is 0 Å². The fourth-order valence-electron chi connectivity index (χ4n) is 3.83. The summed E-state index contributed by atoms with van der Waals surface area (Å²) in [6, 6.07) is 9.78. The molecule has 3 rings (SSSR count). The van der Waals surface area contributed by atoms with Crippen LogP contribution < -0.4 is 0 Å². The third kappa shape index (κ3) is 3.46. The Kier molecular flexibility index (Phi) is 4.60. The van der Waals surface area contributed by atoms with Gasteiger partial charge in [0.15, 0.2) is 0 Å². The van der Waals surface area contributed by atoms with E-state index in [1.807, 2.05) is 30.3 Å². The second-order valence-corrected chi connectivity index (χ2v) is 6.60. The highest BCUT2D eigenvalue weighted by atomic mass is 16.3. The van der Waals surface area contributed by atoms with E-state index in [4.69, 9.17) is 0 Å². The van der Waals surface area contributed by atoms with E-state index in [0.29, 0.717) is 24.7 Å². The second kappa shape index (κ2) is 6.44. The average molecular weight is 291 g/mol. The summed E-state index contributed by atoms with van der Waals surface area (Å²) < 4.78 is 0. The minimum Gasteiger partial charge on any atom is -0.390 e. The summed E-state index contributed by atoms with van der Waals surface area (Å²) in [7, 11) is 0. The van der Waals surface area contributed by atoms with Crippen molar-refractivity contribution in [3.05, 3.63) is 35.9 Å². The van der Waals surface area contributed by atoms with Gasteiger partial charge in [-0.3, -0.25) is 0 Å². The molecule has 0 radical (unpaired) electrons.